The quantitative estimate of drug-likeness (QED) is 0.416. The Morgan fingerprint density at radius 2 is 2.29 bits per heavy atom. The van der Waals surface area contributed by atoms with Gasteiger partial charge in [0.25, 0.3) is 6.20 Å². The molecule has 0 aliphatic rings. The van der Waals surface area contributed by atoms with E-state index in [1.807, 2.05) is 14.1 Å². The molecule has 118 valence electrons. The van der Waals surface area contributed by atoms with Gasteiger partial charge in [0.05, 0.1) is 10.6 Å². The van der Waals surface area contributed by atoms with E-state index in [0.717, 1.165) is 35.0 Å². The van der Waals surface area contributed by atoms with Crippen molar-refractivity contribution in [1.82, 2.24) is 14.8 Å². The van der Waals surface area contributed by atoms with Crippen LogP contribution in [0.2, 0.25) is 0 Å². The molecule has 1 heterocycles. The Morgan fingerprint density at radius 1 is 1.57 bits per heavy atom. The minimum absolute atomic E-state index is 0.169. The first-order chi connectivity index (χ1) is 9.88. The highest BCUT2D eigenvalue weighted by molar-refractivity contribution is 7.98. The van der Waals surface area contributed by atoms with Crippen LogP contribution in [0, 0.1) is 10.1 Å². The molecule has 1 aromatic rings. The lowest BCUT2D eigenvalue weighted by atomic mass is 10.5. The summed E-state index contributed by atoms with van der Waals surface area (Å²) >= 11 is 3.41. The molecule has 1 aromatic heterocycles. The van der Waals surface area contributed by atoms with Crippen molar-refractivity contribution < 1.29 is 4.92 Å². The summed E-state index contributed by atoms with van der Waals surface area (Å²) in [6, 6.07) is 0. The van der Waals surface area contributed by atoms with Crippen molar-refractivity contribution in [3.05, 3.63) is 38.2 Å². The number of hydrogen-bond acceptors (Lipinski definition) is 8. The number of hydrogen-bond donors (Lipinski definition) is 1. The normalized spacial score (nSPS) is 11.9. The van der Waals surface area contributed by atoms with Crippen LogP contribution in [-0.4, -0.2) is 53.1 Å². The SMILES string of the molecule is CN(C)Cc1nc(CSCCN(C)C(N)=C[N+](=O)[O-])cs1. The van der Waals surface area contributed by atoms with Crippen LogP contribution in [-0.2, 0) is 12.3 Å². The van der Waals surface area contributed by atoms with Gasteiger partial charge in [0.1, 0.15) is 5.01 Å². The molecular formula is C12H21N5O2S2. The Bertz CT molecular complexity index is 490. The molecule has 0 amide bonds. The predicted octanol–water partition coefficient (Wildman–Crippen LogP) is 1.40. The van der Waals surface area contributed by atoms with Crippen molar-refractivity contribution in [2.24, 2.45) is 5.73 Å². The largest absolute Gasteiger partial charge is 0.380 e. The third kappa shape index (κ3) is 7.30. The first-order valence-corrected chi connectivity index (χ1v) is 8.39. The number of nitrogens with zero attached hydrogens (tertiary/aromatic N) is 4. The topological polar surface area (TPSA) is 88.5 Å². The zero-order valence-electron chi connectivity index (χ0n) is 12.5. The summed E-state index contributed by atoms with van der Waals surface area (Å²) in [5.74, 6) is 1.85. The summed E-state index contributed by atoms with van der Waals surface area (Å²) < 4.78 is 0. The van der Waals surface area contributed by atoms with Crippen LogP contribution in [0.3, 0.4) is 0 Å². The maximum absolute atomic E-state index is 10.3. The van der Waals surface area contributed by atoms with E-state index in [1.54, 1.807) is 35.0 Å². The zero-order chi connectivity index (χ0) is 15.8. The highest BCUT2D eigenvalue weighted by atomic mass is 32.2. The number of nitro groups is 1. The van der Waals surface area contributed by atoms with E-state index in [2.05, 4.69) is 15.3 Å². The molecular weight excluding hydrogens is 310 g/mol. The van der Waals surface area contributed by atoms with E-state index in [4.69, 9.17) is 5.73 Å². The Balaban J connectivity index is 2.28. The maximum atomic E-state index is 10.3. The van der Waals surface area contributed by atoms with Crippen LogP contribution in [0.1, 0.15) is 10.7 Å². The summed E-state index contributed by atoms with van der Waals surface area (Å²) in [4.78, 5) is 18.1. The number of nitrogens with two attached hydrogens (primary N) is 1. The highest BCUT2D eigenvalue weighted by Gasteiger charge is 2.06. The van der Waals surface area contributed by atoms with Gasteiger partial charge in [-0.05, 0) is 14.1 Å². The highest BCUT2D eigenvalue weighted by Crippen LogP contribution is 2.16. The van der Waals surface area contributed by atoms with Gasteiger partial charge in [-0.15, -0.1) is 11.3 Å². The molecule has 1 rings (SSSR count). The Labute approximate surface area is 133 Å². The number of rotatable bonds is 9. The standard InChI is InChI=1S/C12H21N5O2S2/c1-15(2)7-12-14-10(9-21-12)8-20-5-4-16(3)11(13)6-17(18)19/h6,9H,4-5,7-8,13H2,1-3H3. The maximum Gasteiger partial charge on any atom is 0.274 e. The summed E-state index contributed by atoms with van der Waals surface area (Å²) in [6.07, 6.45) is 0.818. The van der Waals surface area contributed by atoms with Gasteiger partial charge in [-0.25, -0.2) is 4.98 Å². The first-order valence-electron chi connectivity index (χ1n) is 6.36. The molecule has 0 radical (unpaired) electrons. The minimum Gasteiger partial charge on any atom is -0.380 e. The van der Waals surface area contributed by atoms with E-state index < -0.39 is 4.92 Å². The van der Waals surface area contributed by atoms with E-state index in [-0.39, 0.29) is 5.82 Å². The van der Waals surface area contributed by atoms with Gasteiger partial charge in [-0.2, -0.15) is 11.8 Å². The van der Waals surface area contributed by atoms with Gasteiger partial charge in [-0.3, -0.25) is 10.1 Å². The van der Waals surface area contributed by atoms with E-state index in [1.165, 1.54) is 0 Å². The van der Waals surface area contributed by atoms with Crippen molar-refractivity contribution >= 4 is 23.1 Å². The van der Waals surface area contributed by atoms with E-state index >= 15 is 0 Å². The molecule has 7 nitrogen and oxygen atoms in total. The van der Waals surface area contributed by atoms with Crippen LogP contribution < -0.4 is 5.73 Å². The van der Waals surface area contributed by atoms with E-state index in [0.29, 0.717) is 6.54 Å². The summed E-state index contributed by atoms with van der Waals surface area (Å²) in [6.45, 7) is 1.52. The van der Waals surface area contributed by atoms with Crippen LogP contribution in [0.4, 0.5) is 0 Å². The number of aromatic nitrogens is 1. The van der Waals surface area contributed by atoms with Crippen molar-refractivity contribution in [3.63, 3.8) is 0 Å². The lowest BCUT2D eigenvalue weighted by molar-refractivity contribution is -0.404. The molecule has 0 aliphatic heterocycles. The Kier molecular flexibility index (Phi) is 7.48. The van der Waals surface area contributed by atoms with Crippen LogP contribution in [0.25, 0.3) is 0 Å². The molecule has 0 saturated heterocycles. The molecule has 0 spiro atoms. The molecule has 21 heavy (non-hydrogen) atoms. The molecule has 0 atom stereocenters. The average Bonchev–Trinajstić information content (AvgIpc) is 2.80. The predicted molar refractivity (Wildman–Crippen MR) is 87.6 cm³/mol. The number of thioether (sulfide) groups is 1. The molecule has 2 N–H and O–H groups in total. The van der Waals surface area contributed by atoms with Gasteiger partial charge < -0.3 is 15.5 Å². The molecule has 0 saturated carbocycles. The monoisotopic (exact) mass is 331 g/mol. The molecule has 0 fully saturated rings. The second-order valence-corrected chi connectivity index (χ2v) is 6.83. The van der Waals surface area contributed by atoms with Gasteiger partial charge in [0.2, 0.25) is 0 Å². The fourth-order valence-corrected chi connectivity index (χ4v) is 3.39. The number of thiazole rings is 1. The fourth-order valence-electron chi connectivity index (χ4n) is 1.47. The van der Waals surface area contributed by atoms with Gasteiger partial charge >= 0.3 is 0 Å². The molecule has 0 aromatic carbocycles. The van der Waals surface area contributed by atoms with Crippen molar-refractivity contribution in [2.75, 3.05) is 33.4 Å². The first kappa shape index (κ1) is 17.7. The third-order valence-corrected chi connectivity index (χ3v) is 4.40. The van der Waals surface area contributed by atoms with Gasteiger partial charge in [-0.1, -0.05) is 0 Å². The lowest BCUT2D eigenvalue weighted by Crippen LogP contribution is -2.26. The van der Waals surface area contributed by atoms with Gasteiger partial charge in [0.15, 0.2) is 5.82 Å². The average molecular weight is 331 g/mol. The lowest BCUT2D eigenvalue weighted by Gasteiger charge is -2.16. The minimum atomic E-state index is -0.541. The fraction of sp³-hybridized carbons (Fsp3) is 0.583. The Morgan fingerprint density at radius 3 is 2.90 bits per heavy atom. The second kappa shape index (κ2) is 8.85. The van der Waals surface area contributed by atoms with Crippen LogP contribution in [0.5, 0.6) is 0 Å². The summed E-state index contributed by atoms with van der Waals surface area (Å²) in [5, 5.41) is 13.5. The molecule has 0 aliphatic carbocycles. The zero-order valence-corrected chi connectivity index (χ0v) is 14.1. The Hall–Kier alpha value is -1.32. The van der Waals surface area contributed by atoms with Crippen LogP contribution >= 0.6 is 23.1 Å². The van der Waals surface area contributed by atoms with Crippen molar-refractivity contribution in [3.8, 4) is 0 Å². The van der Waals surface area contributed by atoms with E-state index in [9.17, 15) is 10.1 Å². The van der Waals surface area contributed by atoms with Crippen LogP contribution in [0.15, 0.2) is 17.4 Å². The van der Waals surface area contributed by atoms with Gasteiger partial charge in [0, 0.05) is 37.0 Å². The third-order valence-electron chi connectivity index (χ3n) is 2.55. The molecule has 0 unspecified atom stereocenters. The molecule has 9 heteroatoms. The summed E-state index contributed by atoms with van der Waals surface area (Å²) in [7, 11) is 5.79. The molecule has 0 bridgehead atoms. The second-order valence-electron chi connectivity index (χ2n) is 4.78. The smallest absolute Gasteiger partial charge is 0.274 e. The van der Waals surface area contributed by atoms with Crippen molar-refractivity contribution in [2.45, 2.75) is 12.3 Å². The summed E-state index contributed by atoms with van der Waals surface area (Å²) in [5.41, 5.74) is 6.66. The van der Waals surface area contributed by atoms with Crippen molar-refractivity contribution in [1.29, 1.82) is 0 Å².